The number of amides is 1. The van der Waals surface area contributed by atoms with Gasteiger partial charge in [-0.3, -0.25) is 9.69 Å². The number of likely N-dealkylation sites (tertiary alicyclic amines) is 1. The van der Waals surface area contributed by atoms with Crippen molar-refractivity contribution in [2.24, 2.45) is 0 Å². The maximum Gasteiger partial charge on any atom is 0.219 e. The average molecular weight is 254 g/mol. The normalized spacial score (nSPS) is 23.9. The van der Waals surface area contributed by atoms with Crippen LogP contribution in [0.3, 0.4) is 0 Å². The van der Waals surface area contributed by atoms with Crippen molar-refractivity contribution in [2.45, 2.75) is 78.4 Å². The maximum atomic E-state index is 11.8. The minimum atomic E-state index is 0.157. The van der Waals surface area contributed by atoms with Crippen LogP contribution in [0.15, 0.2) is 0 Å². The Labute approximate surface area is 113 Å². The topological polar surface area (TPSA) is 23.6 Å². The van der Waals surface area contributed by atoms with Crippen molar-refractivity contribution < 1.29 is 4.79 Å². The number of nitrogens with zero attached hydrogens (tertiary/aromatic N) is 2. The Bertz CT molecular complexity index is 292. The Morgan fingerprint density at radius 1 is 1.17 bits per heavy atom. The molecule has 106 valence electrons. The smallest absolute Gasteiger partial charge is 0.219 e. The standard InChI is InChI=1S/C15H30N2O/c1-8-16(12(3)18)13-10-14(4,5)17(9-2)15(6,7)11-13/h13H,8-11H2,1-7H3. The molecule has 0 radical (unpaired) electrons. The van der Waals surface area contributed by atoms with Crippen LogP contribution in [0.1, 0.15) is 61.3 Å². The van der Waals surface area contributed by atoms with Crippen molar-refractivity contribution in [3.8, 4) is 0 Å². The fourth-order valence-electron chi connectivity index (χ4n) is 4.08. The fraction of sp³-hybridized carbons (Fsp3) is 0.933. The highest BCUT2D eigenvalue weighted by atomic mass is 16.2. The van der Waals surface area contributed by atoms with Crippen molar-refractivity contribution in [1.82, 2.24) is 9.80 Å². The van der Waals surface area contributed by atoms with Gasteiger partial charge in [0.2, 0.25) is 5.91 Å². The van der Waals surface area contributed by atoms with Crippen LogP contribution >= 0.6 is 0 Å². The molecule has 0 aromatic rings. The summed E-state index contributed by atoms with van der Waals surface area (Å²) in [5.74, 6) is 0.207. The van der Waals surface area contributed by atoms with E-state index in [1.807, 2.05) is 4.90 Å². The number of rotatable bonds is 3. The molecule has 1 aliphatic heterocycles. The second-order valence-corrected chi connectivity index (χ2v) is 6.74. The van der Waals surface area contributed by atoms with E-state index in [9.17, 15) is 4.79 Å². The summed E-state index contributed by atoms with van der Waals surface area (Å²) in [5.41, 5.74) is 0.314. The summed E-state index contributed by atoms with van der Waals surface area (Å²) in [6.07, 6.45) is 2.13. The molecule has 1 amide bonds. The SMILES string of the molecule is CCN(C(C)=O)C1CC(C)(C)N(CC)C(C)(C)C1. The predicted molar refractivity (Wildman–Crippen MR) is 76.6 cm³/mol. The molecule has 0 aromatic carbocycles. The van der Waals surface area contributed by atoms with Crippen molar-refractivity contribution in [1.29, 1.82) is 0 Å². The first-order chi connectivity index (χ1) is 8.15. The molecular formula is C15H30N2O. The first kappa shape index (κ1) is 15.5. The first-order valence-electron chi connectivity index (χ1n) is 7.20. The molecule has 1 fully saturated rings. The average Bonchev–Trinajstić information content (AvgIpc) is 2.14. The van der Waals surface area contributed by atoms with Crippen molar-refractivity contribution in [2.75, 3.05) is 13.1 Å². The van der Waals surface area contributed by atoms with Crippen molar-refractivity contribution >= 4 is 5.91 Å². The number of carbonyl (C=O) groups excluding carboxylic acids is 1. The van der Waals surface area contributed by atoms with Gasteiger partial charge in [-0.2, -0.15) is 0 Å². The van der Waals surface area contributed by atoms with Gasteiger partial charge in [0, 0.05) is 30.6 Å². The third-order valence-electron chi connectivity index (χ3n) is 4.43. The Morgan fingerprint density at radius 3 is 1.89 bits per heavy atom. The Hall–Kier alpha value is -0.570. The molecule has 0 spiro atoms. The zero-order chi connectivity index (χ0) is 14.1. The van der Waals surface area contributed by atoms with Gasteiger partial charge in [-0.25, -0.2) is 0 Å². The van der Waals surface area contributed by atoms with Gasteiger partial charge in [-0.05, 0) is 54.0 Å². The molecule has 0 unspecified atom stereocenters. The van der Waals surface area contributed by atoms with Crippen LogP contribution in [0.25, 0.3) is 0 Å². The lowest BCUT2D eigenvalue weighted by atomic mass is 9.76. The van der Waals surface area contributed by atoms with Crippen LogP contribution in [0.4, 0.5) is 0 Å². The molecule has 0 aliphatic carbocycles. The second-order valence-electron chi connectivity index (χ2n) is 6.74. The Balaban J connectivity index is 2.98. The summed E-state index contributed by atoms with van der Waals surface area (Å²) in [6, 6.07) is 0.375. The summed E-state index contributed by atoms with van der Waals surface area (Å²) < 4.78 is 0. The number of piperidine rings is 1. The van der Waals surface area contributed by atoms with Gasteiger partial charge in [0.15, 0.2) is 0 Å². The van der Waals surface area contributed by atoms with Gasteiger partial charge >= 0.3 is 0 Å². The van der Waals surface area contributed by atoms with Gasteiger partial charge in [0.1, 0.15) is 0 Å². The molecule has 0 bridgehead atoms. The molecule has 0 N–H and O–H groups in total. The van der Waals surface area contributed by atoms with Gasteiger partial charge in [-0.15, -0.1) is 0 Å². The van der Waals surface area contributed by atoms with Crippen LogP contribution in [0.2, 0.25) is 0 Å². The Kier molecular flexibility index (Phi) is 4.47. The zero-order valence-corrected chi connectivity index (χ0v) is 13.2. The molecule has 1 aliphatic rings. The Morgan fingerprint density at radius 2 is 1.61 bits per heavy atom. The van der Waals surface area contributed by atoms with Crippen LogP contribution in [0.5, 0.6) is 0 Å². The molecule has 18 heavy (non-hydrogen) atoms. The van der Waals surface area contributed by atoms with E-state index in [2.05, 4.69) is 46.4 Å². The molecule has 3 nitrogen and oxygen atoms in total. The lowest BCUT2D eigenvalue weighted by Gasteiger charge is -2.56. The van der Waals surface area contributed by atoms with Gasteiger partial charge < -0.3 is 4.90 Å². The van der Waals surface area contributed by atoms with Crippen LogP contribution in [-0.4, -0.2) is 45.9 Å². The van der Waals surface area contributed by atoms with E-state index in [0.717, 1.165) is 25.9 Å². The summed E-state index contributed by atoms with van der Waals surface area (Å²) in [7, 11) is 0. The molecule has 0 atom stereocenters. The lowest BCUT2D eigenvalue weighted by molar-refractivity contribution is -0.136. The highest BCUT2D eigenvalue weighted by molar-refractivity contribution is 5.73. The summed E-state index contributed by atoms with van der Waals surface area (Å²) in [6.45, 7) is 17.1. The highest BCUT2D eigenvalue weighted by Gasteiger charge is 2.46. The van der Waals surface area contributed by atoms with E-state index in [0.29, 0.717) is 6.04 Å². The maximum absolute atomic E-state index is 11.8. The quantitative estimate of drug-likeness (QED) is 0.773. The minimum absolute atomic E-state index is 0.157. The van der Waals surface area contributed by atoms with Crippen LogP contribution < -0.4 is 0 Å². The third kappa shape index (κ3) is 2.87. The number of hydrogen-bond donors (Lipinski definition) is 0. The van der Waals surface area contributed by atoms with E-state index < -0.39 is 0 Å². The number of hydrogen-bond acceptors (Lipinski definition) is 2. The molecule has 3 heteroatoms. The number of carbonyl (C=O) groups is 1. The minimum Gasteiger partial charge on any atom is -0.340 e. The van der Waals surface area contributed by atoms with Gasteiger partial charge in [0.05, 0.1) is 0 Å². The summed E-state index contributed by atoms with van der Waals surface area (Å²) in [4.78, 5) is 16.4. The molecule has 1 saturated heterocycles. The molecule has 0 aromatic heterocycles. The lowest BCUT2D eigenvalue weighted by Crippen LogP contribution is -2.64. The van der Waals surface area contributed by atoms with E-state index in [-0.39, 0.29) is 17.0 Å². The van der Waals surface area contributed by atoms with Crippen LogP contribution in [0, 0.1) is 0 Å². The first-order valence-corrected chi connectivity index (χ1v) is 7.20. The molecular weight excluding hydrogens is 224 g/mol. The zero-order valence-electron chi connectivity index (χ0n) is 13.2. The third-order valence-corrected chi connectivity index (χ3v) is 4.43. The van der Waals surface area contributed by atoms with Crippen molar-refractivity contribution in [3.63, 3.8) is 0 Å². The largest absolute Gasteiger partial charge is 0.340 e. The van der Waals surface area contributed by atoms with Crippen LogP contribution in [-0.2, 0) is 4.79 Å². The van der Waals surface area contributed by atoms with E-state index >= 15 is 0 Å². The van der Waals surface area contributed by atoms with E-state index in [4.69, 9.17) is 0 Å². The molecule has 1 rings (SSSR count). The second kappa shape index (κ2) is 5.20. The van der Waals surface area contributed by atoms with Gasteiger partial charge in [-0.1, -0.05) is 6.92 Å². The molecule has 0 saturated carbocycles. The van der Waals surface area contributed by atoms with Gasteiger partial charge in [0.25, 0.3) is 0 Å². The van der Waals surface area contributed by atoms with E-state index in [1.54, 1.807) is 6.92 Å². The summed E-state index contributed by atoms with van der Waals surface area (Å²) in [5, 5.41) is 0. The monoisotopic (exact) mass is 254 g/mol. The van der Waals surface area contributed by atoms with E-state index in [1.165, 1.54) is 0 Å². The highest BCUT2D eigenvalue weighted by Crippen LogP contribution is 2.39. The van der Waals surface area contributed by atoms with Crippen molar-refractivity contribution in [3.05, 3.63) is 0 Å². The fourth-order valence-corrected chi connectivity index (χ4v) is 4.08. The predicted octanol–water partition coefficient (Wildman–Crippen LogP) is 2.90. The summed E-state index contributed by atoms with van der Waals surface area (Å²) >= 11 is 0. The molecule has 1 heterocycles.